The van der Waals surface area contributed by atoms with Gasteiger partial charge in [0.15, 0.2) is 15.0 Å². The molecule has 13 heteroatoms. The van der Waals surface area contributed by atoms with Crippen molar-refractivity contribution < 1.29 is 35.5 Å². The first-order valence-electron chi connectivity index (χ1n) is 12.1. The Morgan fingerprint density at radius 2 is 1.90 bits per heavy atom. The fourth-order valence-corrected chi connectivity index (χ4v) is 6.45. The third-order valence-corrected chi connectivity index (χ3v) is 9.00. The molecule has 2 heterocycles. The molecule has 0 saturated carbocycles. The summed E-state index contributed by atoms with van der Waals surface area (Å²) in [5, 5.41) is 3.20. The first kappa shape index (κ1) is 29.0. The zero-order chi connectivity index (χ0) is 28.5. The normalized spacial score (nSPS) is 15.9. The lowest BCUT2D eigenvalue weighted by molar-refractivity contribution is -0.274. The number of fused-ring (bicyclic) bond motifs is 1. The topological polar surface area (TPSA) is 88.6 Å². The lowest BCUT2D eigenvalue weighted by Gasteiger charge is -2.28. The van der Waals surface area contributed by atoms with E-state index < -0.39 is 27.8 Å². The van der Waals surface area contributed by atoms with Crippen molar-refractivity contribution in [3.63, 3.8) is 0 Å². The van der Waals surface area contributed by atoms with Crippen molar-refractivity contribution in [3.05, 3.63) is 70.0 Å². The van der Waals surface area contributed by atoms with E-state index in [0.717, 1.165) is 28.8 Å². The largest absolute Gasteiger partial charge is 0.573 e. The van der Waals surface area contributed by atoms with Crippen LogP contribution >= 0.6 is 11.3 Å². The number of benzene rings is 2. The molecule has 7 nitrogen and oxygen atoms in total. The lowest BCUT2D eigenvalue weighted by atomic mass is 10.0. The molecule has 0 spiro atoms. The standard InChI is InChI=1S/C26H27F4N3O4S2/c1-4-39(35,36)19-8-5-16(6-9-19)11-22(34)31-25-32-23-21(38-25)14-33(24(23)15(2)3)13-17-12-18(7-10-20(17)27)37-26(28,29)30/h5-10,12,15,24H,4,11,13-14H2,1-3H3,(H,31,32,34). The number of nitrogens with one attached hydrogen (secondary N) is 1. The fraction of sp³-hybridized carbons (Fsp3) is 0.385. The Hall–Kier alpha value is -3.03. The summed E-state index contributed by atoms with van der Waals surface area (Å²) in [6, 6.07) is 8.87. The molecule has 1 N–H and O–H groups in total. The van der Waals surface area contributed by atoms with E-state index in [0.29, 0.717) is 17.2 Å². The van der Waals surface area contributed by atoms with E-state index in [4.69, 9.17) is 0 Å². The van der Waals surface area contributed by atoms with Crippen molar-refractivity contribution in [2.75, 3.05) is 11.1 Å². The van der Waals surface area contributed by atoms with E-state index in [9.17, 15) is 30.8 Å². The van der Waals surface area contributed by atoms with Crippen LogP contribution in [0.3, 0.4) is 0 Å². The fourth-order valence-electron chi connectivity index (χ4n) is 4.53. The molecule has 2 aromatic carbocycles. The quantitative estimate of drug-likeness (QED) is 0.316. The second-order valence-electron chi connectivity index (χ2n) is 9.49. The minimum Gasteiger partial charge on any atom is -0.406 e. The highest BCUT2D eigenvalue weighted by molar-refractivity contribution is 7.91. The SMILES string of the molecule is CCS(=O)(=O)c1ccc(CC(=O)Nc2nc3c(s2)CN(Cc2cc(OC(F)(F)F)ccc2F)C3C(C)C)cc1. The predicted molar refractivity (Wildman–Crippen MR) is 139 cm³/mol. The average molecular weight is 586 g/mol. The highest BCUT2D eigenvalue weighted by atomic mass is 32.2. The second-order valence-corrected chi connectivity index (χ2v) is 12.9. The van der Waals surface area contributed by atoms with Gasteiger partial charge in [-0.2, -0.15) is 0 Å². The van der Waals surface area contributed by atoms with Crippen LogP contribution in [0.2, 0.25) is 0 Å². The summed E-state index contributed by atoms with van der Waals surface area (Å²) in [7, 11) is -3.32. The van der Waals surface area contributed by atoms with Gasteiger partial charge in [-0.25, -0.2) is 17.8 Å². The zero-order valence-corrected chi connectivity index (χ0v) is 23.0. The summed E-state index contributed by atoms with van der Waals surface area (Å²) in [5.74, 6) is -1.39. The van der Waals surface area contributed by atoms with Crippen LogP contribution in [0.15, 0.2) is 47.4 Å². The van der Waals surface area contributed by atoms with Gasteiger partial charge in [0.1, 0.15) is 11.6 Å². The average Bonchev–Trinajstić information content (AvgIpc) is 3.36. The molecule has 210 valence electrons. The summed E-state index contributed by atoms with van der Waals surface area (Å²) in [4.78, 5) is 20.3. The van der Waals surface area contributed by atoms with Crippen molar-refractivity contribution in [3.8, 4) is 5.75 Å². The number of alkyl halides is 3. The summed E-state index contributed by atoms with van der Waals surface area (Å²) in [6.07, 6.45) is -4.84. The van der Waals surface area contributed by atoms with E-state index in [1.165, 1.54) is 23.5 Å². The number of thiazole rings is 1. The Morgan fingerprint density at radius 3 is 2.51 bits per heavy atom. The van der Waals surface area contributed by atoms with Crippen molar-refractivity contribution >= 4 is 32.2 Å². The molecule has 1 aromatic heterocycles. The Labute approximate surface area is 227 Å². The number of rotatable bonds is 9. The minimum atomic E-state index is -4.88. The number of halogens is 4. The molecule has 0 saturated heterocycles. The van der Waals surface area contributed by atoms with Crippen LogP contribution in [0.4, 0.5) is 22.7 Å². The number of carbonyl (C=O) groups is 1. The van der Waals surface area contributed by atoms with Gasteiger partial charge in [-0.15, -0.1) is 24.5 Å². The van der Waals surface area contributed by atoms with Crippen molar-refractivity contribution in [2.45, 2.75) is 57.6 Å². The monoisotopic (exact) mass is 585 g/mol. The molecule has 4 rings (SSSR count). The van der Waals surface area contributed by atoms with Crippen LogP contribution in [-0.2, 0) is 34.1 Å². The summed E-state index contributed by atoms with van der Waals surface area (Å²) in [6.45, 7) is 5.94. The molecule has 0 fully saturated rings. The summed E-state index contributed by atoms with van der Waals surface area (Å²) in [5.41, 5.74) is 1.46. The second kappa shape index (κ2) is 11.2. The Bertz CT molecular complexity index is 1450. The highest BCUT2D eigenvalue weighted by Gasteiger charge is 2.37. The van der Waals surface area contributed by atoms with Crippen LogP contribution < -0.4 is 10.1 Å². The van der Waals surface area contributed by atoms with Gasteiger partial charge in [0, 0.05) is 23.5 Å². The van der Waals surface area contributed by atoms with Gasteiger partial charge in [-0.05, 0) is 41.8 Å². The van der Waals surface area contributed by atoms with Crippen LogP contribution in [-0.4, -0.2) is 36.3 Å². The van der Waals surface area contributed by atoms with Gasteiger partial charge in [-0.3, -0.25) is 9.69 Å². The number of sulfone groups is 1. The predicted octanol–water partition coefficient (Wildman–Crippen LogP) is 5.87. The Kier molecular flexibility index (Phi) is 8.33. The van der Waals surface area contributed by atoms with E-state index in [-0.39, 0.29) is 47.0 Å². The number of hydrogen-bond donors (Lipinski definition) is 1. The third kappa shape index (κ3) is 6.95. The zero-order valence-electron chi connectivity index (χ0n) is 21.4. The van der Waals surface area contributed by atoms with Crippen LogP contribution in [0.5, 0.6) is 5.75 Å². The molecule has 1 atom stereocenters. The Morgan fingerprint density at radius 1 is 1.21 bits per heavy atom. The number of ether oxygens (including phenoxy) is 1. The van der Waals surface area contributed by atoms with Gasteiger partial charge < -0.3 is 10.1 Å². The summed E-state index contributed by atoms with van der Waals surface area (Å²) < 4.78 is 80.2. The third-order valence-electron chi connectivity index (χ3n) is 6.28. The molecular weight excluding hydrogens is 558 g/mol. The van der Waals surface area contributed by atoms with E-state index in [2.05, 4.69) is 15.0 Å². The smallest absolute Gasteiger partial charge is 0.406 e. The van der Waals surface area contributed by atoms with Crippen molar-refractivity contribution in [1.29, 1.82) is 0 Å². The maximum atomic E-state index is 14.5. The number of amides is 1. The van der Waals surface area contributed by atoms with Gasteiger partial charge in [0.05, 0.1) is 28.8 Å². The molecule has 3 aromatic rings. The van der Waals surface area contributed by atoms with Gasteiger partial charge in [0.2, 0.25) is 5.91 Å². The van der Waals surface area contributed by atoms with Crippen LogP contribution in [0.1, 0.15) is 48.5 Å². The molecule has 1 unspecified atom stereocenters. The molecular formula is C26H27F4N3O4S2. The highest BCUT2D eigenvalue weighted by Crippen LogP contribution is 2.43. The number of carbonyl (C=O) groups excluding carboxylic acids is 1. The van der Waals surface area contributed by atoms with Crippen molar-refractivity contribution in [1.82, 2.24) is 9.88 Å². The lowest BCUT2D eigenvalue weighted by Crippen LogP contribution is -2.26. The van der Waals surface area contributed by atoms with E-state index in [1.54, 1.807) is 19.1 Å². The maximum absolute atomic E-state index is 14.5. The summed E-state index contributed by atoms with van der Waals surface area (Å²) >= 11 is 1.29. The van der Waals surface area contributed by atoms with Crippen LogP contribution in [0, 0.1) is 11.7 Å². The number of anilines is 1. The Balaban J connectivity index is 1.44. The van der Waals surface area contributed by atoms with E-state index in [1.807, 2.05) is 18.7 Å². The molecule has 1 aliphatic rings. The molecule has 39 heavy (non-hydrogen) atoms. The van der Waals surface area contributed by atoms with Gasteiger partial charge in [-0.1, -0.05) is 32.9 Å². The van der Waals surface area contributed by atoms with Crippen LogP contribution in [0.25, 0.3) is 0 Å². The number of aromatic nitrogens is 1. The molecule has 0 aliphatic carbocycles. The van der Waals surface area contributed by atoms with Gasteiger partial charge in [0.25, 0.3) is 0 Å². The molecule has 1 amide bonds. The minimum absolute atomic E-state index is 0.00978. The number of nitrogens with zero attached hydrogens (tertiary/aromatic N) is 2. The first-order chi connectivity index (χ1) is 18.3. The van der Waals surface area contributed by atoms with Gasteiger partial charge >= 0.3 is 6.36 Å². The first-order valence-corrected chi connectivity index (χ1v) is 14.6. The molecule has 1 aliphatic heterocycles. The van der Waals surface area contributed by atoms with Crippen molar-refractivity contribution in [2.24, 2.45) is 5.92 Å². The molecule has 0 radical (unpaired) electrons. The van der Waals surface area contributed by atoms with E-state index >= 15 is 0 Å². The number of hydrogen-bond acceptors (Lipinski definition) is 7. The molecule has 0 bridgehead atoms. The maximum Gasteiger partial charge on any atom is 0.573 e.